The summed E-state index contributed by atoms with van der Waals surface area (Å²) in [6.45, 7) is 5.70. The summed E-state index contributed by atoms with van der Waals surface area (Å²) >= 11 is 1.37. The topological polar surface area (TPSA) is 56.1 Å². The Hall–Kier alpha value is -2.16. The number of benzene rings is 1. The summed E-state index contributed by atoms with van der Waals surface area (Å²) in [5, 5.41) is 14.2. The van der Waals surface area contributed by atoms with Gasteiger partial charge in [0.1, 0.15) is 11.1 Å². The van der Waals surface area contributed by atoms with Gasteiger partial charge in [-0.2, -0.15) is 5.26 Å². The number of aryl methyl sites for hydroxylation is 2. The number of amides is 1. The van der Waals surface area contributed by atoms with E-state index in [0.717, 1.165) is 6.54 Å². The van der Waals surface area contributed by atoms with Gasteiger partial charge in [0.2, 0.25) is 5.91 Å². The van der Waals surface area contributed by atoms with Crippen LogP contribution in [0.4, 0.5) is 5.00 Å². The van der Waals surface area contributed by atoms with E-state index in [1.54, 1.807) is 11.4 Å². The molecule has 0 aliphatic heterocycles. The van der Waals surface area contributed by atoms with E-state index < -0.39 is 0 Å². The van der Waals surface area contributed by atoms with Crippen molar-refractivity contribution in [2.45, 2.75) is 26.8 Å². The van der Waals surface area contributed by atoms with Crippen LogP contribution in [0.25, 0.3) is 0 Å². The van der Waals surface area contributed by atoms with Crippen LogP contribution in [0.1, 0.15) is 28.7 Å². The first-order valence-corrected chi connectivity index (χ1v) is 8.39. The fourth-order valence-electron chi connectivity index (χ4n) is 2.37. The van der Waals surface area contributed by atoms with Crippen molar-refractivity contribution >= 4 is 22.2 Å². The van der Waals surface area contributed by atoms with Gasteiger partial charge in [0, 0.05) is 19.5 Å². The normalized spacial score (nSPS) is 10.6. The lowest BCUT2D eigenvalue weighted by molar-refractivity contribution is -0.116. The average Bonchev–Trinajstić information content (AvgIpc) is 2.95. The van der Waals surface area contributed by atoms with Crippen LogP contribution in [0.15, 0.2) is 29.6 Å². The van der Waals surface area contributed by atoms with Gasteiger partial charge in [-0.15, -0.1) is 11.3 Å². The third-order valence-corrected chi connectivity index (χ3v) is 4.53. The quantitative estimate of drug-likeness (QED) is 0.880. The highest BCUT2D eigenvalue weighted by atomic mass is 32.1. The molecule has 0 unspecified atom stereocenters. The van der Waals surface area contributed by atoms with E-state index in [-0.39, 0.29) is 5.91 Å². The molecule has 4 nitrogen and oxygen atoms in total. The number of hydrogen-bond acceptors (Lipinski definition) is 4. The summed E-state index contributed by atoms with van der Waals surface area (Å²) in [4.78, 5) is 14.1. The minimum Gasteiger partial charge on any atom is -0.317 e. The van der Waals surface area contributed by atoms with Gasteiger partial charge in [-0.3, -0.25) is 4.79 Å². The summed E-state index contributed by atoms with van der Waals surface area (Å²) in [5.41, 5.74) is 4.34. The molecule has 1 amide bonds. The first kappa shape index (κ1) is 17.2. The monoisotopic (exact) mass is 327 g/mol. The lowest BCUT2D eigenvalue weighted by atomic mass is 10.1. The smallest absolute Gasteiger partial charge is 0.226 e. The molecule has 0 saturated heterocycles. The molecule has 0 fully saturated rings. The Morgan fingerprint density at radius 2 is 2.13 bits per heavy atom. The van der Waals surface area contributed by atoms with Crippen molar-refractivity contribution in [2.75, 3.05) is 18.9 Å². The van der Waals surface area contributed by atoms with Gasteiger partial charge in [0.25, 0.3) is 0 Å². The molecule has 2 rings (SSSR count). The molecule has 1 N–H and O–H groups in total. The molecule has 2 aromatic rings. The Morgan fingerprint density at radius 1 is 1.35 bits per heavy atom. The molecule has 1 aromatic heterocycles. The van der Waals surface area contributed by atoms with Gasteiger partial charge >= 0.3 is 0 Å². The van der Waals surface area contributed by atoms with Crippen molar-refractivity contribution in [3.05, 3.63) is 51.9 Å². The SMILES string of the molecule is Cc1ccc(CN(C)CCC(=O)Nc2sccc2C#N)c(C)c1. The minimum atomic E-state index is -0.0589. The molecule has 0 radical (unpaired) electrons. The molecule has 23 heavy (non-hydrogen) atoms. The van der Waals surface area contributed by atoms with Gasteiger partial charge in [-0.25, -0.2) is 0 Å². The maximum absolute atomic E-state index is 12.0. The predicted octanol–water partition coefficient (Wildman–Crippen LogP) is 3.70. The van der Waals surface area contributed by atoms with Crippen molar-refractivity contribution in [3.8, 4) is 6.07 Å². The van der Waals surface area contributed by atoms with Crippen molar-refractivity contribution < 1.29 is 4.79 Å². The molecule has 1 aromatic carbocycles. The van der Waals surface area contributed by atoms with E-state index in [1.807, 2.05) is 7.05 Å². The Labute approximate surface area is 141 Å². The molecule has 0 bridgehead atoms. The Balaban J connectivity index is 1.83. The third-order valence-electron chi connectivity index (χ3n) is 3.70. The zero-order chi connectivity index (χ0) is 16.8. The van der Waals surface area contributed by atoms with Gasteiger partial charge < -0.3 is 10.2 Å². The standard InChI is InChI=1S/C18H21N3OS/c1-13-4-5-16(14(2)10-13)12-21(3)8-6-17(22)20-18-15(11-19)7-9-23-18/h4-5,7,9-10H,6,8,12H2,1-3H3,(H,20,22). The van der Waals surface area contributed by atoms with Crippen LogP contribution in [-0.4, -0.2) is 24.4 Å². The molecule has 1 heterocycles. The number of hydrogen-bond donors (Lipinski definition) is 1. The molecule has 5 heteroatoms. The number of carbonyl (C=O) groups is 1. The lowest BCUT2D eigenvalue weighted by Crippen LogP contribution is -2.24. The predicted molar refractivity (Wildman–Crippen MR) is 94.5 cm³/mol. The number of nitriles is 1. The Kier molecular flexibility index (Phi) is 5.91. The zero-order valence-electron chi connectivity index (χ0n) is 13.7. The largest absolute Gasteiger partial charge is 0.317 e. The molecule has 0 spiro atoms. The van der Waals surface area contributed by atoms with Gasteiger partial charge in [-0.05, 0) is 43.5 Å². The van der Waals surface area contributed by atoms with Gasteiger partial charge in [-0.1, -0.05) is 23.8 Å². The number of rotatable bonds is 6. The van der Waals surface area contributed by atoms with Crippen LogP contribution in [0.3, 0.4) is 0 Å². The summed E-state index contributed by atoms with van der Waals surface area (Å²) in [5.74, 6) is -0.0589. The van der Waals surface area contributed by atoms with Gasteiger partial charge in [0.15, 0.2) is 0 Å². The van der Waals surface area contributed by atoms with Crippen LogP contribution < -0.4 is 5.32 Å². The fourth-order valence-corrected chi connectivity index (χ4v) is 3.12. The van der Waals surface area contributed by atoms with E-state index in [0.29, 0.717) is 23.5 Å². The molecule has 120 valence electrons. The summed E-state index contributed by atoms with van der Waals surface area (Å²) < 4.78 is 0. The van der Waals surface area contributed by atoms with Gasteiger partial charge in [0.05, 0.1) is 5.56 Å². The van der Waals surface area contributed by atoms with E-state index in [1.165, 1.54) is 28.0 Å². The number of nitrogens with zero attached hydrogens (tertiary/aromatic N) is 2. The highest BCUT2D eigenvalue weighted by Gasteiger charge is 2.10. The summed E-state index contributed by atoms with van der Waals surface area (Å²) in [6.07, 6.45) is 0.407. The highest BCUT2D eigenvalue weighted by molar-refractivity contribution is 7.14. The van der Waals surface area contributed by atoms with Crippen LogP contribution in [0, 0.1) is 25.2 Å². The van der Waals surface area contributed by atoms with Crippen molar-refractivity contribution in [1.82, 2.24) is 4.90 Å². The van der Waals surface area contributed by atoms with Crippen LogP contribution in [0.2, 0.25) is 0 Å². The number of nitrogens with one attached hydrogen (secondary N) is 1. The zero-order valence-corrected chi connectivity index (χ0v) is 14.5. The van der Waals surface area contributed by atoms with Crippen LogP contribution >= 0.6 is 11.3 Å². The molecular weight excluding hydrogens is 306 g/mol. The Morgan fingerprint density at radius 3 is 2.83 bits per heavy atom. The lowest BCUT2D eigenvalue weighted by Gasteiger charge is -2.18. The van der Waals surface area contributed by atoms with Crippen LogP contribution in [0.5, 0.6) is 0 Å². The number of thiophene rings is 1. The highest BCUT2D eigenvalue weighted by Crippen LogP contribution is 2.22. The van der Waals surface area contributed by atoms with Crippen molar-refractivity contribution in [2.24, 2.45) is 0 Å². The molecule has 0 saturated carbocycles. The maximum atomic E-state index is 12.0. The summed E-state index contributed by atoms with van der Waals surface area (Å²) in [7, 11) is 2.01. The first-order valence-electron chi connectivity index (χ1n) is 7.51. The number of carbonyl (C=O) groups excluding carboxylic acids is 1. The van der Waals surface area contributed by atoms with E-state index >= 15 is 0 Å². The van der Waals surface area contributed by atoms with Crippen LogP contribution in [-0.2, 0) is 11.3 Å². The second-order valence-corrected chi connectivity index (χ2v) is 6.66. The van der Waals surface area contributed by atoms with E-state index in [4.69, 9.17) is 5.26 Å². The van der Waals surface area contributed by atoms with E-state index in [2.05, 4.69) is 48.3 Å². The third kappa shape index (κ3) is 4.92. The maximum Gasteiger partial charge on any atom is 0.226 e. The number of anilines is 1. The molecule has 0 aliphatic rings. The Bertz CT molecular complexity index is 730. The van der Waals surface area contributed by atoms with Crippen molar-refractivity contribution in [3.63, 3.8) is 0 Å². The van der Waals surface area contributed by atoms with E-state index in [9.17, 15) is 4.79 Å². The minimum absolute atomic E-state index is 0.0589. The first-order chi connectivity index (χ1) is 11.0. The van der Waals surface area contributed by atoms with Crippen molar-refractivity contribution in [1.29, 1.82) is 5.26 Å². The summed E-state index contributed by atoms with van der Waals surface area (Å²) in [6, 6.07) is 10.2. The second kappa shape index (κ2) is 7.91. The second-order valence-electron chi connectivity index (χ2n) is 5.74. The molecule has 0 atom stereocenters. The fraction of sp³-hybridized carbons (Fsp3) is 0.333. The average molecular weight is 327 g/mol. The molecular formula is C18H21N3OS. The molecule has 0 aliphatic carbocycles.